The molecule has 3 nitrogen and oxygen atoms in total. The first-order chi connectivity index (χ1) is 9.13. The van der Waals surface area contributed by atoms with Crippen molar-refractivity contribution in [3.63, 3.8) is 0 Å². The molecule has 19 heavy (non-hydrogen) atoms. The average Bonchev–Trinajstić information content (AvgIpc) is 2.73. The molecule has 0 saturated carbocycles. The average molecular weight is 261 g/mol. The Balaban J connectivity index is 2.29. The number of aryl methyl sites for hydroxylation is 1. The molecule has 1 aromatic heterocycles. The molecule has 0 saturated heterocycles. The summed E-state index contributed by atoms with van der Waals surface area (Å²) in [5, 5.41) is 7.50. The third kappa shape index (κ3) is 3.01. The third-order valence-corrected chi connectivity index (χ3v) is 3.31. The van der Waals surface area contributed by atoms with Gasteiger partial charge in [-0.2, -0.15) is 5.10 Å². The zero-order valence-electron chi connectivity index (χ0n) is 11.7. The van der Waals surface area contributed by atoms with Crippen molar-refractivity contribution in [3.05, 3.63) is 41.5 Å². The smallest absolute Gasteiger partial charge is 0.131 e. The minimum Gasteiger partial charge on any atom is -0.313 e. The van der Waals surface area contributed by atoms with Crippen LogP contribution in [-0.2, 0) is 13.6 Å². The lowest BCUT2D eigenvalue weighted by molar-refractivity contribution is 0.627. The van der Waals surface area contributed by atoms with Crippen molar-refractivity contribution in [2.45, 2.75) is 26.8 Å². The van der Waals surface area contributed by atoms with Crippen LogP contribution in [0.25, 0.3) is 11.1 Å². The summed E-state index contributed by atoms with van der Waals surface area (Å²) in [5.74, 6) is -0.199. The number of rotatable bonds is 5. The quantitative estimate of drug-likeness (QED) is 0.838. The Labute approximate surface area is 113 Å². The van der Waals surface area contributed by atoms with Gasteiger partial charge in [0.2, 0.25) is 0 Å². The zero-order chi connectivity index (χ0) is 13.8. The van der Waals surface area contributed by atoms with Crippen LogP contribution in [0.3, 0.4) is 0 Å². The van der Waals surface area contributed by atoms with Crippen LogP contribution in [0.2, 0.25) is 0 Å². The molecule has 2 aromatic rings. The number of nitrogens with zero attached hydrogens (tertiary/aromatic N) is 2. The molecule has 2 rings (SSSR count). The standard InChI is InChI=1S/C15H20FN3/c1-4-7-17-9-12-5-6-15(16)13(8-12)14-10-18-19(3)11(14)2/h5-6,8,10,17H,4,7,9H2,1-3H3. The van der Waals surface area contributed by atoms with E-state index >= 15 is 0 Å². The molecule has 0 amide bonds. The monoisotopic (exact) mass is 261 g/mol. The van der Waals surface area contributed by atoms with E-state index in [1.807, 2.05) is 26.1 Å². The summed E-state index contributed by atoms with van der Waals surface area (Å²) in [7, 11) is 1.86. The van der Waals surface area contributed by atoms with Gasteiger partial charge in [-0.25, -0.2) is 4.39 Å². The second kappa shape index (κ2) is 5.97. The van der Waals surface area contributed by atoms with Crippen molar-refractivity contribution in [3.8, 4) is 11.1 Å². The van der Waals surface area contributed by atoms with Gasteiger partial charge in [-0.1, -0.05) is 13.0 Å². The zero-order valence-corrected chi connectivity index (χ0v) is 11.7. The van der Waals surface area contributed by atoms with Crippen LogP contribution in [0.15, 0.2) is 24.4 Å². The van der Waals surface area contributed by atoms with Gasteiger partial charge in [0, 0.05) is 30.4 Å². The maximum Gasteiger partial charge on any atom is 0.131 e. The molecule has 0 radical (unpaired) electrons. The van der Waals surface area contributed by atoms with Gasteiger partial charge in [-0.3, -0.25) is 4.68 Å². The second-order valence-electron chi connectivity index (χ2n) is 4.76. The van der Waals surface area contributed by atoms with Crippen LogP contribution in [0.4, 0.5) is 4.39 Å². The van der Waals surface area contributed by atoms with Crippen LogP contribution in [0.5, 0.6) is 0 Å². The lowest BCUT2D eigenvalue weighted by Gasteiger charge is -2.08. The largest absolute Gasteiger partial charge is 0.313 e. The topological polar surface area (TPSA) is 29.9 Å². The minimum absolute atomic E-state index is 0.199. The summed E-state index contributed by atoms with van der Waals surface area (Å²) in [6, 6.07) is 5.26. The highest BCUT2D eigenvalue weighted by Crippen LogP contribution is 2.26. The fraction of sp³-hybridized carbons (Fsp3) is 0.400. The van der Waals surface area contributed by atoms with Crippen LogP contribution < -0.4 is 5.32 Å². The Morgan fingerprint density at radius 1 is 1.32 bits per heavy atom. The molecule has 1 heterocycles. The third-order valence-electron chi connectivity index (χ3n) is 3.31. The molecule has 1 aromatic carbocycles. The van der Waals surface area contributed by atoms with Crippen LogP contribution >= 0.6 is 0 Å². The molecule has 0 unspecified atom stereocenters. The van der Waals surface area contributed by atoms with Gasteiger partial charge in [0.05, 0.1) is 6.20 Å². The maximum atomic E-state index is 14.0. The molecule has 102 valence electrons. The van der Waals surface area contributed by atoms with Gasteiger partial charge < -0.3 is 5.32 Å². The number of nitrogens with one attached hydrogen (secondary N) is 1. The molecular formula is C15H20FN3. The fourth-order valence-electron chi connectivity index (χ4n) is 2.06. The van der Waals surface area contributed by atoms with Gasteiger partial charge >= 0.3 is 0 Å². The Hall–Kier alpha value is -1.68. The lowest BCUT2D eigenvalue weighted by atomic mass is 10.0. The van der Waals surface area contributed by atoms with E-state index in [1.165, 1.54) is 6.07 Å². The van der Waals surface area contributed by atoms with Gasteiger partial charge in [0.15, 0.2) is 0 Å². The van der Waals surface area contributed by atoms with Crippen LogP contribution in [0, 0.1) is 12.7 Å². The van der Waals surface area contributed by atoms with Crippen LogP contribution in [-0.4, -0.2) is 16.3 Å². The van der Waals surface area contributed by atoms with Crippen molar-refractivity contribution in [2.24, 2.45) is 7.05 Å². The summed E-state index contributed by atoms with van der Waals surface area (Å²) in [6.45, 7) is 5.81. The first kappa shape index (κ1) is 13.7. The van der Waals surface area contributed by atoms with Gasteiger partial charge in [-0.05, 0) is 37.6 Å². The number of hydrogen-bond acceptors (Lipinski definition) is 2. The van der Waals surface area contributed by atoms with E-state index < -0.39 is 0 Å². The van der Waals surface area contributed by atoms with Gasteiger partial charge in [-0.15, -0.1) is 0 Å². The maximum absolute atomic E-state index is 14.0. The van der Waals surface area contributed by atoms with Crippen molar-refractivity contribution in [2.75, 3.05) is 6.54 Å². The first-order valence-corrected chi connectivity index (χ1v) is 6.61. The lowest BCUT2D eigenvalue weighted by Crippen LogP contribution is -2.13. The van der Waals surface area contributed by atoms with Crippen LogP contribution in [0.1, 0.15) is 24.6 Å². The van der Waals surface area contributed by atoms with E-state index in [9.17, 15) is 4.39 Å². The highest BCUT2D eigenvalue weighted by molar-refractivity contribution is 5.66. The molecule has 0 spiro atoms. The number of halogens is 1. The highest BCUT2D eigenvalue weighted by atomic mass is 19.1. The number of aromatic nitrogens is 2. The van der Waals surface area contributed by atoms with Gasteiger partial charge in [0.1, 0.15) is 5.82 Å². The molecule has 1 N–H and O–H groups in total. The van der Waals surface area contributed by atoms with Crippen molar-refractivity contribution in [1.29, 1.82) is 0 Å². The molecule has 0 aliphatic heterocycles. The van der Waals surface area contributed by atoms with Gasteiger partial charge in [0.25, 0.3) is 0 Å². The molecule has 0 aliphatic carbocycles. The molecule has 0 atom stereocenters. The number of hydrogen-bond donors (Lipinski definition) is 1. The SMILES string of the molecule is CCCNCc1ccc(F)c(-c2cnn(C)c2C)c1. The summed E-state index contributed by atoms with van der Waals surface area (Å²) < 4.78 is 15.7. The predicted molar refractivity (Wildman–Crippen MR) is 75.3 cm³/mol. The Bertz CT molecular complexity index is 561. The Morgan fingerprint density at radius 3 is 2.74 bits per heavy atom. The van der Waals surface area contributed by atoms with E-state index in [0.29, 0.717) is 5.56 Å². The Kier molecular flexibility index (Phi) is 4.32. The normalized spacial score (nSPS) is 10.9. The predicted octanol–water partition coefficient (Wildman–Crippen LogP) is 3.03. The van der Waals surface area contributed by atoms with E-state index in [4.69, 9.17) is 0 Å². The second-order valence-corrected chi connectivity index (χ2v) is 4.76. The highest BCUT2D eigenvalue weighted by Gasteiger charge is 2.11. The van der Waals surface area contributed by atoms with Crippen molar-refractivity contribution < 1.29 is 4.39 Å². The van der Waals surface area contributed by atoms with E-state index in [0.717, 1.165) is 36.3 Å². The molecule has 0 aliphatic rings. The van der Waals surface area contributed by atoms with E-state index in [-0.39, 0.29) is 5.82 Å². The fourth-order valence-corrected chi connectivity index (χ4v) is 2.06. The first-order valence-electron chi connectivity index (χ1n) is 6.61. The molecular weight excluding hydrogens is 241 g/mol. The van der Waals surface area contributed by atoms with Crippen molar-refractivity contribution in [1.82, 2.24) is 15.1 Å². The van der Waals surface area contributed by atoms with E-state index in [1.54, 1.807) is 10.9 Å². The summed E-state index contributed by atoms with van der Waals surface area (Å²) in [6.07, 6.45) is 2.81. The number of benzene rings is 1. The van der Waals surface area contributed by atoms with E-state index in [2.05, 4.69) is 17.3 Å². The summed E-state index contributed by atoms with van der Waals surface area (Å²) in [4.78, 5) is 0. The molecule has 0 bridgehead atoms. The Morgan fingerprint density at radius 2 is 2.11 bits per heavy atom. The summed E-state index contributed by atoms with van der Waals surface area (Å²) in [5.41, 5.74) is 3.55. The van der Waals surface area contributed by atoms with Crippen molar-refractivity contribution >= 4 is 0 Å². The minimum atomic E-state index is -0.199. The molecule has 0 fully saturated rings. The summed E-state index contributed by atoms with van der Waals surface area (Å²) >= 11 is 0. The molecule has 4 heteroatoms.